The summed E-state index contributed by atoms with van der Waals surface area (Å²) in [7, 11) is 0. The van der Waals surface area contributed by atoms with Gasteiger partial charge in [-0.25, -0.2) is 0 Å². The minimum Gasteiger partial charge on any atom is -0.467 e. The molecular weight excluding hydrogens is 286 g/mol. The summed E-state index contributed by atoms with van der Waals surface area (Å²) in [5.41, 5.74) is 0. The highest BCUT2D eigenvalue weighted by Gasteiger charge is 2.32. The van der Waals surface area contributed by atoms with Crippen molar-refractivity contribution in [2.45, 2.75) is 37.0 Å². The molecular formula is C12H18BrNOS. The number of hydrogen-bond donors (Lipinski definition) is 1. The van der Waals surface area contributed by atoms with Gasteiger partial charge in [-0.15, -0.1) is 0 Å². The number of rotatable bonds is 5. The van der Waals surface area contributed by atoms with E-state index in [9.17, 15) is 0 Å². The van der Waals surface area contributed by atoms with Gasteiger partial charge in [0.2, 0.25) is 0 Å². The average molecular weight is 304 g/mol. The Morgan fingerprint density at radius 1 is 1.50 bits per heavy atom. The Morgan fingerprint density at radius 2 is 2.25 bits per heavy atom. The molecule has 1 aromatic rings. The summed E-state index contributed by atoms with van der Waals surface area (Å²) in [5.74, 6) is 0.995. The van der Waals surface area contributed by atoms with Gasteiger partial charge in [-0.2, -0.15) is 11.8 Å². The minimum absolute atomic E-state index is 0.471. The summed E-state index contributed by atoms with van der Waals surface area (Å²) in [6, 6.07) is 1.94. The van der Waals surface area contributed by atoms with E-state index in [4.69, 9.17) is 4.42 Å². The fourth-order valence-corrected chi connectivity index (χ4v) is 3.61. The Balaban J connectivity index is 1.81. The molecule has 90 valence electrons. The van der Waals surface area contributed by atoms with Gasteiger partial charge in [0.25, 0.3) is 0 Å². The van der Waals surface area contributed by atoms with Gasteiger partial charge >= 0.3 is 0 Å². The van der Waals surface area contributed by atoms with E-state index in [0.29, 0.717) is 4.75 Å². The molecule has 1 aliphatic rings. The van der Waals surface area contributed by atoms with Crippen LogP contribution in [0.1, 0.15) is 31.4 Å². The molecule has 0 spiro atoms. The number of thioether (sulfide) groups is 1. The van der Waals surface area contributed by atoms with Crippen LogP contribution in [0.15, 0.2) is 21.2 Å². The van der Waals surface area contributed by atoms with E-state index in [1.165, 1.54) is 25.7 Å². The van der Waals surface area contributed by atoms with Crippen LogP contribution in [0.25, 0.3) is 0 Å². The van der Waals surface area contributed by atoms with Crippen LogP contribution in [0.4, 0.5) is 0 Å². The van der Waals surface area contributed by atoms with Crippen LogP contribution in [0.5, 0.6) is 0 Å². The number of nitrogens with one attached hydrogen (secondary N) is 1. The quantitative estimate of drug-likeness (QED) is 0.895. The van der Waals surface area contributed by atoms with Crippen LogP contribution in [-0.2, 0) is 6.54 Å². The third-order valence-electron chi connectivity index (χ3n) is 3.37. The van der Waals surface area contributed by atoms with Crippen molar-refractivity contribution in [1.29, 1.82) is 0 Å². The van der Waals surface area contributed by atoms with Crippen LogP contribution in [0.2, 0.25) is 0 Å². The van der Waals surface area contributed by atoms with E-state index in [1.54, 1.807) is 6.26 Å². The number of halogens is 1. The molecule has 2 nitrogen and oxygen atoms in total. The highest BCUT2D eigenvalue weighted by molar-refractivity contribution is 9.10. The lowest BCUT2D eigenvalue weighted by molar-refractivity contribution is 0.459. The first-order chi connectivity index (χ1) is 7.76. The van der Waals surface area contributed by atoms with Crippen molar-refractivity contribution < 1.29 is 4.42 Å². The summed E-state index contributed by atoms with van der Waals surface area (Å²) in [5, 5.41) is 3.52. The summed E-state index contributed by atoms with van der Waals surface area (Å²) in [6.07, 6.45) is 9.41. The second kappa shape index (κ2) is 5.61. The summed E-state index contributed by atoms with van der Waals surface area (Å²) < 4.78 is 6.91. The van der Waals surface area contributed by atoms with Gasteiger partial charge < -0.3 is 9.73 Å². The normalized spacial score (nSPS) is 19.1. The third-order valence-corrected chi connectivity index (χ3v) is 5.50. The molecule has 0 saturated heterocycles. The zero-order valence-corrected chi connectivity index (χ0v) is 12.0. The first-order valence-electron chi connectivity index (χ1n) is 5.73. The van der Waals surface area contributed by atoms with Gasteiger partial charge in [0, 0.05) is 11.3 Å². The predicted octanol–water partition coefficient (Wildman–Crippen LogP) is 3.81. The Morgan fingerprint density at radius 3 is 2.81 bits per heavy atom. The Labute approximate surface area is 110 Å². The second-order valence-corrected chi connectivity index (χ2v) is 6.52. The molecule has 1 saturated carbocycles. The molecule has 1 fully saturated rings. The van der Waals surface area contributed by atoms with Crippen molar-refractivity contribution in [2.75, 3.05) is 12.8 Å². The van der Waals surface area contributed by atoms with Gasteiger partial charge in [0.1, 0.15) is 5.76 Å². The minimum atomic E-state index is 0.471. The van der Waals surface area contributed by atoms with Crippen LogP contribution >= 0.6 is 27.7 Å². The molecule has 0 aromatic carbocycles. The van der Waals surface area contributed by atoms with Gasteiger partial charge in [-0.1, -0.05) is 12.8 Å². The van der Waals surface area contributed by atoms with Crippen LogP contribution in [0, 0.1) is 0 Å². The molecule has 1 N–H and O–H groups in total. The number of furan rings is 1. The molecule has 0 atom stereocenters. The highest BCUT2D eigenvalue weighted by Crippen LogP contribution is 2.39. The molecule has 1 aromatic heterocycles. The largest absolute Gasteiger partial charge is 0.467 e. The molecule has 1 heterocycles. The first-order valence-corrected chi connectivity index (χ1v) is 7.75. The van der Waals surface area contributed by atoms with Gasteiger partial charge in [-0.05, 0) is 41.1 Å². The van der Waals surface area contributed by atoms with E-state index in [2.05, 4.69) is 27.5 Å². The maximum Gasteiger partial charge on any atom is 0.131 e. The summed E-state index contributed by atoms with van der Waals surface area (Å²) >= 11 is 5.49. The van der Waals surface area contributed by atoms with Crippen LogP contribution < -0.4 is 5.32 Å². The molecule has 4 heteroatoms. The number of hydrogen-bond acceptors (Lipinski definition) is 3. The molecule has 16 heavy (non-hydrogen) atoms. The van der Waals surface area contributed by atoms with Crippen molar-refractivity contribution in [2.24, 2.45) is 0 Å². The lowest BCUT2D eigenvalue weighted by atomic mass is 10.1. The third kappa shape index (κ3) is 2.84. The van der Waals surface area contributed by atoms with Gasteiger partial charge in [0.15, 0.2) is 0 Å². The smallest absolute Gasteiger partial charge is 0.131 e. The molecule has 1 aliphatic carbocycles. The van der Waals surface area contributed by atoms with Crippen LogP contribution in [0.3, 0.4) is 0 Å². The zero-order chi connectivity index (χ0) is 11.4. The predicted molar refractivity (Wildman–Crippen MR) is 72.8 cm³/mol. The monoisotopic (exact) mass is 303 g/mol. The fraction of sp³-hybridized carbons (Fsp3) is 0.667. The standard InChI is InChI=1S/C12H18BrNOS/c1-16-12(5-2-3-6-12)9-14-8-11-10(13)4-7-15-11/h4,7,14H,2-3,5-6,8-9H2,1H3. The van der Waals surface area contributed by atoms with Crippen molar-refractivity contribution in [3.05, 3.63) is 22.6 Å². The summed E-state index contributed by atoms with van der Waals surface area (Å²) in [6.45, 7) is 1.90. The van der Waals surface area contributed by atoms with Gasteiger partial charge in [0.05, 0.1) is 17.3 Å². The van der Waals surface area contributed by atoms with E-state index >= 15 is 0 Å². The van der Waals surface area contributed by atoms with Gasteiger partial charge in [-0.3, -0.25) is 0 Å². The Hall–Kier alpha value is 0.0700. The topological polar surface area (TPSA) is 25.2 Å². The fourth-order valence-electron chi connectivity index (χ4n) is 2.33. The molecule has 0 amide bonds. The van der Waals surface area contributed by atoms with E-state index in [0.717, 1.165) is 23.3 Å². The Kier molecular flexibility index (Phi) is 4.39. The molecule has 0 unspecified atom stereocenters. The lowest BCUT2D eigenvalue weighted by Crippen LogP contribution is -2.34. The average Bonchev–Trinajstić information content (AvgIpc) is 2.90. The van der Waals surface area contributed by atoms with E-state index in [-0.39, 0.29) is 0 Å². The van der Waals surface area contributed by atoms with Crippen molar-refractivity contribution >= 4 is 27.7 Å². The Bertz CT molecular complexity index is 334. The van der Waals surface area contributed by atoms with E-state index in [1.807, 2.05) is 17.8 Å². The summed E-state index contributed by atoms with van der Waals surface area (Å²) in [4.78, 5) is 0. The highest BCUT2D eigenvalue weighted by atomic mass is 79.9. The second-order valence-electron chi connectivity index (χ2n) is 4.39. The van der Waals surface area contributed by atoms with Crippen molar-refractivity contribution in [3.8, 4) is 0 Å². The van der Waals surface area contributed by atoms with Crippen molar-refractivity contribution in [3.63, 3.8) is 0 Å². The maximum atomic E-state index is 5.38. The van der Waals surface area contributed by atoms with Crippen LogP contribution in [-0.4, -0.2) is 17.5 Å². The SMILES string of the molecule is CSC1(CNCc2occc2Br)CCCC1. The molecule has 0 radical (unpaired) electrons. The maximum absolute atomic E-state index is 5.38. The van der Waals surface area contributed by atoms with Crippen molar-refractivity contribution in [1.82, 2.24) is 5.32 Å². The molecule has 2 rings (SSSR count). The van der Waals surface area contributed by atoms with E-state index < -0.39 is 0 Å². The zero-order valence-electron chi connectivity index (χ0n) is 9.59. The molecule has 0 bridgehead atoms. The first kappa shape index (κ1) is 12.5. The lowest BCUT2D eigenvalue weighted by Gasteiger charge is -2.26. The molecule has 0 aliphatic heterocycles.